The Bertz CT molecular complexity index is 2020. The van der Waals surface area contributed by atoms with E-state index in [1.807, 2.05) is 54.6 Å². The molecule has 1 radical (unpaired) electrons. The van der Waals surface area contributed by atoms with E-state index < -0.39 is 64.6 Å². The zero-order valence-electron chi connectivity index (χ0n) is 36.4. The summed E-state index contributed by atoms with van der Waals surface area (Å²) in [4.78, 5) is 8.55. The van der Waals surface area contributed by atoms with Crippen molar-refractivity contribution < 1.29 is 35.2 Å². The molecule has 0 N–H and O–H groups in total. The number of hydrogen-bond acceptors (Lipinski definition) is 2. The average Bonchev–Trinajstić information content (AvgIpc) is 3.06. The van der Waals surface area contributed by atoms with Gasteiger partial charge >= 0.3 is 276 Å². The Kier molecular flexibility index (Phi) is 7.82. The molecule has 43 heavy (non-hydrogen) atoms. The second kappa shape index (κ2) is 15.1. The van der Waals surface area contributed by atoms with Crippen LogP contribution in [0.25, 0.3) is 33.6 Å². The van der Waals surface area contributed by atoms with Crippen LogP contribution in [-0.2, 0) is 26.5 Å². The zero-order chi connectivity index (χ0) is 39.8. The summed E-state index contributed by atoms with van der Waals surface area (Å²) >= 11 is -3.91. The number of aromatic nitrogens is 2. The predicted molar refractivity (Wildman–Crippen MR) is 187 cm³/mol. The van der Waals surface area contributed by atoms with E-state index in [1.54, 1.807) is 6.07 Å². The number of rotatable bonds is 6. The molecule has 5 aromatic rings. The number of nitrogens with zero attached hydrogens (tertiary/aromatic N) is 2. The Hall–Kier alpha value is -2.30. The summed E-state index contributed by atoms with van der Waals surface area (Å²) < 4.78 is 87.5. The van der Waals surface area contributed by atoms with Crippen LogP contribution >= 0.6 is 0 Å². The Morgan fingerprint density at radius 1 is 0.698 bits per heavy atom. The molecule has 0 spiro atoms. The van der Waals surface area contributed by atoms with Crippen molar-refractivity contribution in [3.63, 3.8) is 0 Å². The van der Waals surface area contributed by atoms with Crippen molar-refractivity contribution in [3.05, 3.63) is 120 Å². The molecule has 0 aliphatic carbocycles. The van der Waals surface area contributed by atoms with Crippen molar-refractivity contribution in [2.24, 2.45) is 0 Å². The Balaban J connectivity index is 0.000000285. The Morgan fingerprint density at radius 2 is 1.23 bits per heavy atom. The normalized spacial score (nSPS) is 16.3. The van der Waals surface area contributed by atoms with Crippen molar-refractivity contribution in [2.45, 2.75) is 61.5 Å². The maximum absolute atomic E-state index is 8.04. The Morgan fingerprint density at radius 3 is 1.70 bits per heavy atom. The minimum Gasteiger partial charge on any atom is 0 e. The molecule has 0 saturated carbocycles. The summed E-state index contributed by atoms with van der Waals surface area (Å²) in [5.74, 6) is 13.8. The van der Waals surface area contributed by atoms with Gasteiger partial charge < -0.3 is 0 Å². The third-order valence-corrected chi connectivity index (χ3v) is 15.5. The van der Waals surface area contributed by atoms with Crippen LogP contribution in [0.1, 0.15) is 38.6 Å². The third kappa shape index (κ3) is 9.34. The molecule has 225 valence electrons. The molecule has 0 fully saturated rings. The molecule has 0 saturated heterocycles. The van der Waals surface area contributed by atoms with Gasteiger partial charge in [0.1, 0.15) is 0 Å². The van der Waals surface area contributed by atoms with Crippen LogP contribution in [0.15, 0.2) is 91.3 Å². The summed E-state index contributed by atoms with van der Waals surface area (Å²) in [6.45, 7) is -7.89. The van der Waals surface area contributed by atoms with E-state index in [4.69, 9.17) is 15.1 Å². The van der Waals surface area contributed by atoms with E-state index in [9.17, 15) is 0 Å². The maximum atomic E-state index is 8.04. The maximum Gasteiger partial charge on any atom is 0 e. The predicted octanol–water partition coefficient (Wildman–Crippen LogP) is 9.03. The number of aryl methyl sites for hydroxylation is 3. The molecule has 0 aliphatic rings. The van der Waals surface area contributed by atoms with Gasteiger partial charge in [0.2, 0.25) is 0 Å². The van der Waals surface area contributed by atoms with Gasteiger partial charge in [-0.05, 0) is 0 Å². The first-order valence-electron chi connectivity index (χ1n) is 19.3. The van der Waals surface area contributed by atoms with E-state index in [-0.39, 0.29) is 25.7 Å². The van der Waals surface area contributed by atoms with Crippen molar-refractivity contribution in [3.8, 4) is 33.6 Å². The molecule has 0 aliphatic heterocycles. The van der Waals surface area contributed by atoms with Crippen LogP contribution in [0.4, 0.5) is 0 Å². The van der Waals surface area contributed by atoms with E-state index in [0.717, 1.165) is 23.0 Å². The van der Waals surface area contributed by atoms with Gasteiger partial charge in [-0.25, -0.2) is 0 Å². The van der Waals surface area contributed by atoms with E-state index in [2.05, 4.69) is 68.8 Å². The molecular weight excluding hydrogens is 822 g/mol. The van der Waals surface area contributed by atoms with Gasteiger partial charge in [0.25, 0.3) is 0 Å². The first-order chi connectivity index (χ1) is 24.2. The van der Waals surface area contributed by atoms with Crippen molar-refractivity contribution in [1.82, 2.24) is 9.97 Å². The molecule has 0 amide bonds. The van der Waals surface area contributed by atoms with Crippen LogP contribution in [0.5, 0.6) is 0 Å². The van der Waals surface area contributed by atoms with Crippen molar-refractivity contribution in [1.29, 1.82) is 0 Å². The monoisotopic (exact) mass is 880 g/mol. The SMILES string of the molecule is [2H]C([2H])([2H])c1cnc(-c2[c-]c[c]([Ge]([CH3])([CH3])[CH3])cc2)cc1-c1ccccc1.[2H]C([2H])([2H])c1cnc(-c2[c-]c[c]([Ge]([CH3])([CH3])[CH3])cc2)cc1C([2H])([2H])C([2H])([2H])[2H].[Ir]. The van der Waals surface area contributed by atoms with E-state index >= 15 is 0 Å². The van der Waals surface area contributed by atoms with Gasteiger partial charge in [-0.3, -0.25) is 0 Å². The van der Waals surface area contributed by atoms with Gasteiger partial charge in [0.05, 0.1) is 0 Å². The Labute approximate surface area is 294 Å². The summed E-state index contributed by atoms with van der Waals surface area (Å²) in [6.07, 6.45) is -0.298. The summed E-state index contributed by atoms with van der Waals surface area (Å²) in [6, 6.07) is 31.1. The molecular formula is C38H44Ge2IrN2-2. The topological polar surface area (TPSA) is 25.8 Å². The second-order valence-corrected chi connectivity index (χ2v) is 33.5. The molecule has 0 unspecified atom stereocenters. The molecule has 2 aromatic heterocycles. The van der Waals surface area contributed by atoms with Crippen LogP contribution in [0.3, 0.4) is 0 Å². The molecule has 0 bridgehead atoms. The van der Waals surface area contributed by atoms with Gasteiger partial charge in [-0.15, -0.1) is 0 Å². The largest absolute Gasteiger partial charge is 0 e. The molecule has 0 atom stereocenters. The van der Waals surface area contributed by atoms with Gasteiger partial charge in [-0.2, -0.15) is 0 Å². The second-order valence-electron chi connectivity index (χ2n) is 12.2. The van der Waals surface area contributed by atoms with Gasteiger partial charge in [0, 0.05) is 20.1 Å². The van der Waals surface area contributed by atoms with Crippen LogP contribution in [0, 0.1) is 25.8 Å². The molecule has 3 aromatic carbocycles. The smallest absolute Gasteiger partial charge is 0 e. The van der Waals surface area contributed by atoms with Crippen molar-refractivity contribution >= 4 is 35.3 Å². The van der Waals surface area contributed by atoms with E-state index in [1.165, 1.54) is 21.1 Å². The number of hydrogen-bond donors (Lipinski definition) is 0. The number of pyridine rings is 2. The summed E-state index contributed by atoms with van der Waals surface area (Å²) in [5, 5.41) is 0. The fraction of sp³-hybridized carbons (Fsp3) is 0.263. The fourth-order valence-corrected chi connectivity index (χ4v) is 8.83. The van der Waals surface area contributed by atoms with E-state index in [0.29, 0.717) is 16.8 Å². The minimum absolute atomic E-state index is 0. The average molecular weight is 877 g/mol. The quantitative estimate of drug-likeness (QED) is 0.126. The third-order valence-electron chi connectivity index (χ3n) is 6.94. The van der Waals surface area contributed by atoms with Crippen molar-refractivity contribution in [2.75, 3.05) is 0 Å². The molecule has 5 heteroatoms. The number of benzene rings is 3. The first kappa shape index (κ1) is 22.2. The summed E-state index contributed by atoms with van der Waals surface area (Å²) in [7, 11) is 0. The molecule has 2 heterocycles. The fourth-order valence-electron chi connectivity index (χ4n) is 4.27. The van der Waals surface area contributed by atoms with Crippen LogP contribution in [0.2, 0.25) is 34.5 Å². The minimum atomic E-state index is -3.01. The molecule has 2 nitrogen and oxygen atoms in total. The van der Waals surface area contributed by atoms with Gasteiger partial charge in [0.15, 0.2) is 0 Å². The summed E-state index contributed by atoms with van der Waals surface area (Å²) in [5.41, 5.74) is 3.54. The zero-order valence-corrected chi connectivity index (χ0v) is 32.0. The first-order valence-corrected chi connectivity index (χ1v) is 28.5. The van der Waals surface area contributed by atoms with Gasteiger partial charge in [-0.1, -0.05) is 0 Å². The van der Waals surface area contributed by atoms with Crippen LogP contribution in [-0.4, -0.2) is 36.5 Å². The molecule has 5 rings (SSSR count). The van der Waals surface area contributed by atoms with Crippen LogP contribution < -0.4 is 8.79 Å². The standard InChI is InChI=1S/C21H22GeN.C17H22GeN.Ir/c1-16-15-23-21(14-20(16)17-8-6-5-7-9-17)18-10-12-19(13-11-18)22(2,3)4;1-6-14-11-17(19-12-13(14)2)15-7-9-16(10-8-15)18(3,4)5;/h5-10,12-15H,1-4H3;7,9-12H,6H2,1-5H3;/q2*-1;/i1D3;1D3,2D3,6D2;.